The van der Waals surface area contributed by atoms with E-state index in [0.717, 1.165) is 17.5 Å². The summed E-state index contributed by atoms with van der Waals surface area (Å²) in [6.07, 6.45) is 6.15. The summed E-state index contributed by atoms with van der Waals surface area (Å²) in [6, 6.07) is 16.9. The number of piperidine rings is 1. The first-order valence-electron chi connectivity index (χ1n) is 14.4. The summed E-state index contributed by atoms with van der Waals surface area (Å²) in [5.74, 6) is -0.802. The molecule has 1 aliphatic carbocycles. The fourth-order valence-corrected chi connectivity index (χ4v) is 8.47. The molecular formula is C33H40N2O5S. The second-order valence-corrected chi connectivity index (χ2v) is 14.7. The summed E-state index contributed by atoms with van der Waals surface area (Å²) in [6.45, 7) is 10.1. The summed E-state index contributed by atoms with van der Waals surface area (Å²) in [4.78, 5) is 27.8. The number of carbonyl (C=O) groups is 2. The number of aromatic carboxylic acids is 1. The van der Waals surface area contributed by atoms with Crippen LogP contribution in [0.15, 0.2) is 72.3 Å². The molecule has 2 heterocycles. The van der Waals surface area contributed by atoms with E-state index in [-0.39, 0.29) is 28.1 Å². The van der Waals surface area contributed by atoms with Crippen LogP contribution < -0.4 is 0 Å². The lowest BCUT2D eigenvalue weighted by Crippen LogP contribution is -2.57. The molecule has 8 heteroatoms. The number of allylic oxidation sites excluding steroid dienone is 2. The predicted octanol–water partition coefficient (Wildman–Crippen LogP) is 5.36. The van der Waals surface area contributed by atoms with Gasteiger partial charge in [0.1, 0.15) is 0 Å². The monoisotopic (exact) mass is 576 g/mol. The maximum absolute atomic E-state index is 14.5. The van der Waals surface area contributed by atoms with Gasteiger partial charge in [-0.2, -0.15) is 0 Å². The van der Waals surface area contributed by atoms with Gasteiger partial charge in [0.15, 0.2) is 0 Å². The Morgan fingerprint density at radius 3 is 2.15 bits per heavy atom. The largest absolute Gasteiger partial charge is 0.478 e. The Balaban J connectivity index is 1.43. The topological polar surface area (TPSA) is 95.0 Å². The number of carbonyl (C=O) groups excluding carboxylic acids is 1. The SMILES string of the molecule is CCS(=O)(=O)N1CCC(C(=O)N2CC=C3C(C)(C)C(c4ccc(C(=O)O)cc4)=CC[C@]3(C)C2)(c2ccccc2)CC1. The van der Waals surface area contributed by atoms with Crippen molar-refractivity contribution in [1.29, 1.82) is 0 Å². The van der Waals surface area contributed by atoms with Crippen molar-refractivity contribution in [2.75, 3.05) is 31.9 Å². The number of hydrogen-bond acceptors (Lipinski definition) is 4. The molecule has 0 bridgehead atoms. The summed E-state index contributed by atoms with van der Waals surface area (Å²) >= 11 is 0. The van der Waals surface area contributed by atoms with Crippen LogP contribution in [-0.2, 0) is 20.2 Å². The summed E-state index contributed by atoms with van der Waals surface area (Å²) in [5.41, 5.74) is 3.40. The van der Waals surface area contributed by atoms with E-state index in [2.05, 4.69) is 32.9 Å². The Kier molecular flexibility index (Phi) is 7.53. The van der Waals surface area contributed by atoms with E-state index in [1.54, 1.807) is 19.1 Å². The van der Waals surface area contributed by atoms with E-state index in [4.69, 9.17) is 0 Å². The molecule has 1 N–H and O–H groups in total. The summed E-state index contributed by atoms with van der Waals surface area (Å²) in [7, 11) is -3.31. The summed E-state index contributed by atoms with van der Waals surface area (Å²) < 4.78 is 26.7. The van der Waals surface area contributed by atoms with Gasteiger partial charge in [0, 0.05) is 37.0 Å². The van der Waals surface area contributed by atoms with E-state index < -0.39 is 21.4 Å². The zero-order chi connectivity index (χ0) is 29.6. The number of nitrogens with zero attached hydrogens (tertiary/aromatic N) is 2. The van der Waals surface area contributed by atoms with Gasteiger partial charge >= 0.3 is 5.97 Å². The number of carboxylic acids is 1. The van der Waals surface area contributed by atoms with Crippen LogP contribution in [0.4, 0.5) is 0 Å². The summed E-state index contributed by atoms with van der Waals surface area (Å²) in [5, 5.41) is 9.31. The third-order valence-corrected chi connectivity index (χ3v) is 11.5. The van der Waals surface area contributed by atoms with Crippen molar-refractivity contribution >= 4 is 27.5 Å². The molecule has 1 atom stereocenters. The first-order valence-corrected chi connectivity index (χ1v) is 16.0. The second kappa shape index (κ2) is 10.6. The van der Waals surface area contributed by atoms with Crippen LogP contribution in [-0.4, -0.2) is 66.5 Å². The molecule has 0 unspecified atom stereocenters. The van der Waals surface area contributed by atoms with Crippen molar-refractivity contribution in [3.8, 4) is 0 Å². The van der Waals surface area contributed by atoms with Crippen LogP contribution in [0.2, 0.25) is 0 Å². The van der Waals surface area contributed by atoms with Gasteiger partial charge < -0.3 is 10.0 Å². The quantitative estimate of drug-likeness (QED) is 0.468. The predicted molar refractivity (Wildman–Crippen MR) is 161 cm³/mol. The third-order valence-electron chi connectivity index (χ3n) is 9.61. The van der Waals surface area contributed by atoms with Crippen LogP contribution in [0.5, 0.6) is 0 Å². The fraction of sp³-hybridized carbons (Fsp3) is 0.455. The molecule has 2 aromatic carbocycles. The van der Waals surface area contributed by atoms with Crippen LogP contribution in [0, 0.1) is 10.8 Å². The zero-order valence-electron chi connectivity index (χ0n) is 24.4. The average Bonchev–Trinajstić information content (AvgIpc) is 2.96. The highest BCUT2D eigenvalue weighted by Crippen LogP contribution is 2.55. The van der Waals surface area contributed by atoms with Gasteiger partial charge in [0.2, 0.25) is 15.9 Å². The molecule has 1 amide bonds. The lowest BCUT2D eigenvalue weighted by molar-refractivity contribution is -0.140. The van der Waals surface area contributed by atoms with E-state index in [1.165, 1.54) is 15.5 Å². The molecule has 1 fully saturated rings. The highest BCUT2D eigenvalue weighted by atomic mass is 32.2. The third kappa shape index (κ3) is 5.06. The highest BCUT2D eigenvalue weighted by molar-refractivity contribution is 7.89. The number of benzene rings is 2. The molecule has 0 spiro atoms. The molecule has 0 aromatic heterocycles. The fourth-order valence-electron chi connectivity index (χ4n) is 7.37. The Morgan fingerprint density at radius 2 is 1.56 bits per heavy atom. The van der Waals surface area contributed by atoms with Crippen LogP contribution >= 0.6 is 0 Å². The van der Waals surface area contributed by atoms with Gasteiger partial charge in [-0.3, -0.25) is 4.79 Å². The molecule has 3 aliphatic rings. The number of amides is 1. The van der Waals surface area contributed by atoms with E-state index in [1.807, 2.05) is 47.4 Å². The smallest absolute Gasteiger partial charge is 0.335 e. The molecule has 218 valence electrons. The van der Waals surface area contributed by atoms with Crippen molar-refractivity contribution < 1.29 is 23.1 Å². The van der Waals surface area contributed by atoms with Crippen LogP contribution in [0.25, 0.3) is 5.57 Å². The highest BCUT2D eigenvalue weighted by Gasteiger charge is 2.51. The Bertz CT molecular complexity index is 1500. The van der Waals surface area contributed by atoms with Crippen molar-refractivity contribution in [3.05, 3.63) is 89.0 Å². The molecule has 0 radical (unpaired) electrons. The molecule has 41 heavy (non-hydrogen) atoms. The first kappa shape index (κ1) is 29.3. The molecular weight excluding hydrogens is 536 g/mol. The van der Waals surface area contributed by atoms with Crippen molar-refractivity contribution in [2.45, 2.75) is 52.4 Å². The van der Waals surface area contributed by atoms with Gasteiger partial charge in [0.25, 0.3) is 0 Å². The van der Waals surface area contributed by atoms with E-state index in [9.17, 15) is 23.1 Å². The average molecular weight is 577 g/mol. The van der Waals surface area contributed by atoms with Crippen molar-refractivity contribution in [1.82, 2.24) is 9.21 Å². The Hall–Kier alpha value is -3.23. The first-order chi connectivity index (χ1) is 19.3. The van der Waals surface area contributed by atoms with Gasteiger partial charge in [-0.15, -0.1) is 0 Å². The number of hydrogen-bond donors (Lipinski definition) is 1. The Morgan fingerprint density at radius 1 is 0.927 bits per heavy atom. The van der Waals surface area contributed by atoms with Gasteiger partial charge in [-0.25, -0.2) is 17.5 Å². The van der Waals surface area contributed by atoms with Gasteiger partial charge in [-0.1, -0.05) is 81.0 Å². The number of fused-ring (bicyclic) bond motifs is 1. The maximum atomic E-state index is 14.5. The van der Waals surface area contributed by atoms with Crippen molar-refractivity contribution in [2.24, 2.45) is 10.8 Å². The molecule has 2 aliphatic heterocycles. The minimum atomic E-state index is -3.31. The zero-order valence-corrected chi connectivity index (χ0v) is 25.2. The normalized spacial score (nSPS) is 24.1. The van der Waals surface area contributed by atoms with Gasteiger partial charge in [-0.05, 0) is 55.0 Å². The van der Waals surface area contributed by atoms with E-state index >= 15 is 0 Å². The number of sulfonamides is 1. The van der Waals surface area contributed by atoms with Crippen molar-refractivity contribution in [3.63, 3.8) is 0 Å². The van der Waals surface area contributed by atoms with E-state index in [0.29, 0.717) is 39.0 Å². The molecule has 7 nitrogen and oxygen atoms in total. The standard InChI is InChI=1S/C33H40N2O5S/c1-5-41(39,40)35-21-18-33(19-22-35,26-9-7-6-8-10-26)30(38)34-20-16-28-31(2,3)27(15-17-32(28,4)23-34)24-11-13-25(14-12-24)29(36)37/h6-16H,5,17-23H2,1-4H3,(H,36,37)/t32-/m1/s1. The molecule has 1 saturated heterocycles. The number of carboxylic acid groups (broad SMARTS) is 1. The minimum Gasteiger partial charge on any atom is -0.478 e. The second-order valence-electron chi connectivity index (χ2n) is 12.4. The lowest BCUT2D eigenvalue weighted by Gasteiger charge is -2.52. The maximum Gasteiger partial charge on any atom is 0.335 e. The lowest BCUT2D eigenvalue weighted by atomic mass is 9.58. The van der Waals surface area contributed by atoms with Gasteiger partial charge in [0.05, 0.1) is 16.7 Å². The minimum absolute atomic E-state index is 0.0618. The number of rotatable bonds is 6. The Labute approximate surface area is 243 Å². The van der Waals surface area contributed by atoms with Crippen LogP contribution in [0.3, 0.4) is 0 Å². The molecule has 5 rings (SSSR count). The molecule has 0 saturated carbocycles. The van der Waals surface area contributed by atoms with Crippen LogP contribution in [0.1, 0.15) is 68.4 Å². The molecule has 2 aromatic rings.